The average molecular weight is 669 g/mol. The summed E-state index contributed by atoms with van der Waals surface area (Å²) in [6.07, 6.45) is 0. The van der Waals surface area contributed by atoms with Crippen LogP contribution in [-0.4, -0.2) is 37.2 Å². The number of urea groups is 1. The Labute approximate surface area is 277 Å². The number of carbonyl (C=O) groups excluding carboxylic acids is 1. The van der Waals surface area contributed by atoms with Gasteiger partial charge in [0, 0.05) is 29.2 Å². The van der Waals surface area contributed by atoms with E-state index in [1.165, 1.54) is 10.6 Å². The first-order valence-electron chi connectivity index (χ1n) is 14.8. The number of halogens is 2. The quantitative estimate of drug-likeness (QED) is 0.183. The molecule has 4 N–H and O–H groups in total. The Morgan fingerprint density at radius 3 is 2.23 bits per heavy atom. The number of anilines is 1. The Hall–Kier alpha value is -5.50. The molecule has 0 fully saturated rings. The van der Waals surface area contributed by atoms with E-state index in [1.54, 1.807) is 66.7 Å². The van der Waals surface area contributed by atoms with Crippen molar-refractivity contribution < 1.29 is 18.7 Å². The molecule has 0 bridgehead atoms. The lowest BCUT2D eigenvalue weighted by atomic mass is 10.1. The molecule has 0 aliphatic carbocycles. The molecule has 0 unspecified atom stereocenters. The molecule has 0 spiro atoms. The zero-order chi connectivity index (χ0) is 33.9. The van der Waals surface area contributed by atoms with E-state index in [0.29, 0.717) is 45.3 Å². The van der Waals surface area contributed by atoms with Gasteiger partial charge in [0.05, 0.1) is 35.6 Å². The number of pyridine rings is 1. The summed E-state index contributed by atoms with van der Waals surface area (Å²) in [6, 6.07) is 23.3. The fraction of sp³-hybridized carbons (Fsp3) is 0.143. The van der Waals surface area contributed by atoms with E-state index in [4.69, 9.17) is 5.73 Å². The number of thiophene rings is 1. The first-order valence-corrected chi connectivity index (χ1v) is 15.7. The molecular weight excluding hydrogens is 638 g/mol. The van der Waals surface area contributed by atoms with E-state index in [0.717, 1.165) is 28.0 Å². The average Bonchev–Trinajstić information content (AvgIpc) is 3.43. The number of amides is 2. The highest BCUT2D eigenvalue weighted by atomic mass is 32.1. The summed E-state index contributed by atoms with van der Waals surface area (Å²) in [7, 11) is 1.85. The van der Waals surface area contributed by atoms with E-state index >= 15 is 0 Å². The third-order valence-electron chi connectivity index (χ3n) is 7.77. The fourth-order valence-corrected chi connectivity index (χ4v) is 6.90. The maximum atomic E-state index is 15.0. The zero-order valence-electron chi connectivity index (χ0n) is 25.7. The van der Waals surface area contributed by atoms with Crippen molar-refractivity contribution in [1.29, 1.82) is 0 Å². The molecule has 0 aliphatic rings. The number of aromatic nitrogens is 3. The van der Waals surface area contributed by atoms with E-state index in [2.05, 4.69) is 10.3 Å². The molecule has 0 radical (unpaired) electrons. The van der Waals surface area contributed by atoms with Gasteiger partial charge in [-0.15, -0.1) is 11.3 Å². The second-order valence-electron chi connectivity index (χ2n) is 11.2. The Kier molecular flexibility index (Phi) is 9.26. The van der Waals surface area contributed by atoms with Gasteiger partial charge >= 0.3 is 11.7 Å². The predicted octanol–water partition coefficient (Wildman–Crippen LogP) is 5.22. The van der Waals surface area contributed by atoms with Crippen LogP contribution in [0.2, 0.25) is 0 Å². The highest BCUT2D eigenvalue weighted by Gasteiger charge is 2.26. The van der Waals surface area contributed by atoms with E-state index in [9.17, 15) is 28.3 Å². The number of aliphatic hydroxyl groups excluding tert-OH is 1. The number of hydrogen-bond acceptors (Lipinski definition) is 7. The normalized spacial score (nSPS) is 11.4. The molecule has 3 heterocycles. The number of benzene rings is 3. The lowest BCUT2D eigenvalue weighted by Gasteiger charge is -2.18. The molecule has 6 aromatic rings. The molecule has 0 saturated heterocycles. The van der Waals surface area contributed by atoms with E-state index in [-0.39, 0.29) is 28.9 Å². The first-order chi connectivity index (χ1) is 23.1. The fourth-order valence-electron chi connectivity index (χ4n) is 5.59. The van der Waals surface area contributed by atoms with Crippen molar-refractivity contribution in [3.8, 4) is 16.1 Å². The predicted molar refractivity (Wildman–Crippen MR) is 181 cm³/mol. The van der Waals surface area contributed by atoms with E-state index in [1.807, 2.05) is 18.0 Å². The highest BCUT2D eigenvalue weighted by molar-refractivity contribution is 7.22. The molecular formula is C35H30F2N6O4S. The van der Waals surface area contributed by atoms with Crippen molar-refractivity contribution in [2.75, 3.05) is 12.4 Å². The van der Waals surface area contributed by atoms with Crippen molar-refractivity contribution in [2.45, 2.75) is 26.2 Å². The minimum atomic E-state index is -0.820. The summed E-state index contributed by atoms with van der Waals surface area (Å²) in [4.78, 5) is 47.3. The van der Waals surface area contributed by atoms with Gasteiger partial charge in [0.15, 0.2) is 0 Å². The number of nitrogens with one attached hydrogen (secondary N) is 1. The van der Waals surface area contributed by atoms with Crippen molar-refractivity contribution in [3.05, 3.63) is 146 Å². The second kappa shape index (κ2) is 13.7. The van der Waals surface area contributed by atoms with Crippen LogP contribution in [0.3, 0.4) is 0 Å². The molecule has 10 nitrogen and oxygen atoms in total. The van der Waals surface area contributed by atoms with Crippen molar-refractivity contribution >= 4 is 33.3 Å². The summed E-state index contributed by atoms with van der Waals surface area (Å²) in [5.74, 6) is -1.64. The van der Waals surface area contributed by atoms with Crippen LogP contribution in [0.25, 0.3) is 26.3 Å². The topological polar surface area (TPSA) is 135 Å². The standard InChI is InChI=1S/C35H30F2N6O4S/c1-41(17-23-7-5-8-24(20-44)39-23)18-27-30-32(45)43(25-9-3-2-4-10-25)35(47)42(19-26-28(36)11-6-12-29(26)37)33(30)48-31(27)21-13-15-22(16-14-21)40-34(38)46/h2-16,44H,17-20H2,1H3,(H3,38,40,46). The van der Waals surface area contributed by atoms with Crippen molar-refractivity contribution in [1.82, 2.24) is 19.0 Å². The Morgan fingerprint density at radius 2 is 1.56 bits per heavy atom. The van der Waals surface area contributed by atoms with Gasteiger partial charge in [0.25, 0.3) is 5.56 Å². The minimum Gasteiger partial charge on any atom is -0.390 e. The number of aliphatic hydroxyl groups is 1. The van der Waals surface area contributed by atoms with Crippen molar-refractivity contribution in [3.63, 3.8) is 0 Å². The van der Waals surface area contributed by atoms with Crippen LogP contribution in [0, 0.1) is 11.6 Å². The third-order valence-corrected chi connectivity index (χ3v) is 9.07. The summed E-state index contributed by atoms with van der Waals surface area (Å²) < 4.78 is 32.2. The lowest BCUT2D eigenvalue weighted by Crippen LogP contribution is -2.39. The molecule has 0 saturated carbocycles. The molecule has 13 heteroatoms. The molecule has 0 atom stereocenters. The summed E-state index contributed by atoms with van der Waals surface area (Å²) >= 11 is 1.16. The van der Waals surface area contributed by atoms with Crippen LogP contribution in [0.15, 0.2) is 101 Å². The van der Waals surface area contributed by atoms with E-state index < -0.39 is 35.5 Å². The number of hydrogen-bond donors (Lipinski definition) is 3. The smallest absolute Gasteiger partial charge is 0.337 e. The van der Waals surface area contributed by atoms with Crippen LogP contribution >= 0.6 is 11.3 Å². The van der Waals surface area contributed by atoms with Gasteiger partial charge in [-0.2, -0.15) is 0 Å². The number of rotatable bonds is 10. The second-order valence-corrected chi connectivity index (χ2v) is 12.2. The Bertz CT molecular complexity index is 2230. The van der Waals surface area contributed by atoms with Gasteiger partial charge in [-0.3, -0.25) is 19.2 Å². The molecule has 0 aliphatic heterocycles. The summed E-state index contributed by atoms with van der Waals surface area (Å²) in [6.45, 7) is -0.0941. The molecule has 6 rings (SSSR count). The largest absolute Gasteiger partial charge is 0.390 e. The Morgan fingerprint density at radius 1 is 0.896 bits per heavy atom. The van der Waals surface area contributed by atoms with Crippen LogP contribution in [0.4, 0.5) is 19.3 Å². The molecule has 3 aromatic carbocycles. The lowest BCUT2D eigenvalue weighted by molar-refractivity contribution is 0.259. The van der Waals surface area contributed by atoms with Crippen LogP contribution in [0.5, 0.6) is 0 Å². The van der Waals surface area contributed by atoms with Gasteiger partial charge in [-0.05, 0) is 66.7 Å². The molecule has 3 aromatic heterocycles. The van der Waals surface area contributed by atoms with Gasteiger partial charge in [-0.25, -0.2) is 22.9 Å². The summed E-state index contributed by atoms with van der Waals surface area (Å²) in [5.41, 5.74) is 6.87. The third kappa shape index (κ3) is 6.51. The zero-order valence-corrected chi connectivity index (χ0v) is 26.5. The highest BCUT2D eigenvalue weighted by Crippen LogP contribution is 2.38. The van der Waals surface area contributed by atoms with Gasteiger partial charge in [0.2, 0.25) is 0 Å². The molecule has 48 heavy (non-hydrogen) atoms. The van der Waals surface area contributed by atoms with Crippen LogP contribution in [0.1, 0.15) is 22.5 Å². The number of nitrogens with two attached hydrogens (primary N) is 1. The maximum absolute atomic E-state index is 15.0. The van der Waals surface area contributed by atoms with Gasteiger partial charge in [0.1, 0.15) is 16.5 Å². The van der Waals surface area contributed by atoms with Crippen LogP contribution in [-0.2, 0) is 26.2 Å². The number of carbonyl (C=O) groups is 1. The molecule has 2 amide bonds. The molecule has 244 valence electrons. The summed E-state index contributed by atoms with van der Waals surface area (Å²) in [5, 5.41) is 12.3. The van der Waals surface area contributed by atoms with Crippen LogP contribution < -0.4 is 22.3 Å². The number of nitrogens with zero attached hydrogens (tertiary/aromatic N) is 4. The first kappa shape index (κ1) is 32.4. The van der Waals surface area contributed by atoms with Gasteiger partial charge < -0.3 is 16.2 Å². The van der Waals surface area contributed by atoms with Crippen molar-refractivity contribution in [2.24, 2.45) is 5.73 Å². The SMILES string of the molecule is CN(Cc1cccc(CO)n1)Cc1c(-c2ccc(NC(N)=O)cc2)sc2c1c(=O)n(-c1ccccc1)c(=O)n2Cc1c(F)cccc1F. The van der Waals surface area contributed by atoms with Gasteiger partial charge in [-0.1, -0.05) is 42.5 Å². The maximum Gasteiger partial charge on any atom is 0.337 e. The number of primary amides is 1. The number of para-hydroxylation sites is 1. The Balaban J connectivity index is 1.60. The number of fused-ring (bicyclic) bond motifs is 1. The minimum absolute atomic E-state index is 0.212. The monoisotopic (exact) mass is 668 g/mol.